The van der Waals surface area contributed by atoms with Gasteiger partial charge in [-0.25, -0.2) is 0 Å². The van der Waals surface area contributed by atoms with Crippen LogP contribution in [0.4, 0.5) is 0 Å². The maximum atomic E-state index is 2.44. The molecule has 2 rings (SSSR count). The van der Waals surface area contributed by atoms with Crippen molar-refractivity contribution >= 4 is 0 Å². The summed E-state index contributed by atoms with van der Waals surface area (Å²) in [5, 5.41) is 0. The van der Waals surface area contributed by atoms with E-state index in [-0.39, 0.29) is 0 Å². The van der Waals surface area contributed by atoms with Gasteiger partial charge < -0.3 is 0 Å². The Hall–Kier alpha value is 0. The summed E-state index contributed by atoms with van der Waals surface area (Å²) in [6.45, 7) is 4.88. The summed E-state index contributed by atoms with van der Waals surface area (Å²) in [5.74, 6) is 2.21. The van der Waals surface area contributed by atoms with E-state index in [1.54, 1.807) is 6.42 Å². The summed E-state index contributed by atoms with van der Waals surface area (Å²) in [5.41, 5.74) is 0.685. The third-order valence-corrected chi connectivity index (χ3v) is 3.33. The third kappa shape index (κ3) is 1.09. The summed E-state index contributed by atoms with van der Waals surface area (Å²) in [4.78, 5) is 0. The van der Waals surface area contributed by atoms with E-state index in [0.29, 0.717) is 5.41 Å². The minimum Gasteiger partial charge on any atom is -0.0599 e. The molecular formula is C10H18. The summed E-state index contributed by atoms with van der Waals surface area (Å²) >= 11 is 0. The maximum Gasteiger partial charge on any atom is -0.0349 e. The van der Waals surface area contributed by atoms with Crippen molar-refractivity contribution in [1.29, 1.82) is 0 Å². The van der Waals surface area contributed by atoms with Gasteiger partial charge in [-0.2, -0.15) is 0 Å². The molecule has 2 atom stereocenters. The minimum absolute atomic E-state index is 0.685. The third-order valence-electron chi connectivity index (χ3n) is 3.33. The second-order valence-electron chi connectivity index (χ2n) is 5.12. The van der Waals surface area contributed by atoms with Crippen LogP contribution in [0.2, 0.25) is 0 Å². The fourth-order valence-electron chi connectivity index (χ4n) is 3.20. The molecule has 0 heterocycles. The lowest BCUT2D eigenvalue weighted by Gasteiger charge is -2.34. The Morgan fingerprint density at radius 1 is 1.00 bits per heavy atom. The van der Waals surface area contributed by atoms with E-state index in [0.717, 1.165) is 11.8 Å². The average Bonchev–Trinajstić information content (AvgIpc) is 2.08. The summed E-state index contributed by atoms with van der Waals surface area (Å²) in [6, 6.07) is 0. The summed E-state index contributed by atoms with van der Waals surface area (Å²) < 4.78 is 0. The highest BCUT2D eigenvalue weighted by molar-refractivity contribution is 4.89. The van der Waals surface area contributed by atoms with Gasteiger partial charge in [-0.3, -0.25) is 0 Å². The van der Waals surface area contributed by atoms with Gasteiger partial charge in [-0.1, -0.05) is 26.7 Å². The van der Waals surface area contributed by atoms with Crippen molar-refractivity contribution in [2.24, 2.45) is 17.3 Å². The van der Waals surface area contributed by atoms with E-state index in [1.165, 1.54) is 25.7 Å². The Labute approximate surface area is 64.0 Å². The van der Waals surface area contributed by atoms with Crippen LogP contribution < -0.4 is 0 Å². The monoisotopic (exact) mass is 138 g/mol. The molecule has 2 bridgehead atoms. The molecule has 58 valence electrons. The Balaban J connectivity index is 2.09. The first-order valence-electron chi connectivity index (χ1n) is 4.66. The number of hydrogen-bond acceptors (Lipinski definition) is 0. The molecule has 2 fully saturated rings. The highest BCUT2D eigenvalue weighted by atomic mass is 14.4. The predicted octanol–water partition coefficient (Wildman–Crippen LogP) is 3.22. The van der Waals surface area contributed by atoms with Gasteiger partial charge in [-0.05, 0) is 36.5 Å². The second kappa shape index (κ2) is 1.99. The van der Waals surface area contributed by atoms with Gasteiger partial charge in [0.05, 0.1) is 0 Å². The van der Waals surface area contributed by atoms with Gasteiger partial charge in [0, 0.05) is 0 Å². The molecule has 0 aromatic rings. The molecule has 10 heavy (non-hydrogen) atoms. The Bertz CT molecular complexity index is 121. The zero-order valence-electron chi connectivity index (χ0n) is 7.19. The van der Waals surface area contributed by atoms with Crippen LogP contribution in [0.3, 0.4) is 0 Å². The molecule has 0 saturated heterocycles. The molecule has 0 spiro atoms. The van der Waals surface area contributed by atoms with Crippen molar-refractivity contribution in [1.82, 2.24) is 0 Å². The van der Waals surface area contributed by atoms with Crippen LogP contribution >= 0.6 is 0 Å². The van der Waals surface area contributed by atoms with Crippen LogP contribution in [0.1, 0.15) is 46.0 Å². The largest absolute Gasteiger partial charge is 0.0599 e. The SMILES string of the molecule is CC1(C)CC2CCC(C2)C1. The van der Waals surface area contributed by atoms with Crippen molar-refractivity contribution in [3.05, 3.63) is 0 Å². The second-order valence-corrected chi connectivity index (χ2v) is 5.12. The van der Waals surface area contributed by atoms with Crippen LogP contribution in [-0.2, 0) is 0 Å². The quantitative estimate of drug-likeness (QED) is 0.482. The average molecular weight is 138 g/mol. The number of fused-ring (bicyclic) bond motifs is 2. The normalized spacial score (nSPS) is 43.8. The van der Waals surface area contributed by atoms with Crippen molar-refractivity contribution in [2.75, 3.05) is 0 Å². The van der Waals surface area contributed by atoms with Gasteiger partial charge in [-0.15, -0.1) is 0 Å². The molecule has 0 N–H and O–H groups in total. The van der Waals surface area contributed by atoms with E-state index in [9.17, 15) is 0 Å². The molecule has 2 saturated carbocycles. The standard InChI is InChI=1S/C10H18/c1-10(2)6-8-3-4-9(5-8)7-10/h8-9H,3-7H2,1-2H3. The molecular weight excluding hydrogens is 120 g/mol. The molecule has 0 heteroatoms. The lowest BCUT2D eigenvalue weighted by atomic mass is 9.72. The predicted molar refractivity (Wildman–Crippen MR) is 43.8 cm³/mol. The van der Waals surface area contributed by atoms with Gasteiger partial charge in [0.1, 0.15) is 0 Å². The van der Waals surface area contributed by atoms with Crippen molar-refractivity contribution in [2.45, 2.75) is 46.0 Å². The smallest absolute Gasteiger partial charge is 0.0349 e. The maximum absolute atomic E-state index is 2.44. The van der Waals surface area contributed by atoms with Gasteiger partial charge in [0.2, 0.25) is 0 Å². The highest BCUT2D eigenvalue weighted by Crippen LogP contribution is 2.49. The molecule has 0 radical (unpaired) electrons. The molecule has 0 aliphatic heterocycles. The van der Waals surface area contributed by atoms with E-state index >= 15 is 0 Å². The van der Waals surface area contributed by atoms with Crippen LogP contribution in [0, 0.1) is 17.3 Å². The van der Waals surface area contributed by atoms with Gasteiger partial charge in [0.15, 0.2) is 0 Å². The Morgan fingerprint density at radius 2 is 1.50 bits per heavy atom. The number of hydrogen-bond donors (Lipinski definition) is 0. The Morgan fingerprint density at radius 3 is 2.00 bits per heavy atom. The summed E-state index contributed by atoms with van der Waals surface area (Å²) in [6.07, 6.45) is 7.64. The molecule has 2 unspecified atom stereocenters. The minimum atomic E-state index is 0.685. The molecule has 0 aromatic carbocycles. The lowest BCUT2D eigenvalue weighted by molar-refractivity contribution is 0.173. The van der Waals surface area contributed by atoms with Crippen molar-refractivity contribution in [3.8, 4) is 0 Å². The van der Waals surface area contributed by atoms with Gasteiger partial charge in [0.25, 0.3) is 0 Å². The fraction of sp³-hybridized carbons (Fsp3) is 1.00. The Kier molecular flexibility index (Phi) is 1.33. The molecule has 2 aliphatic carbocycles. The van der Waals surface area contributed by atoms with Crippen LogP contribution in [0.25, 0.3) is 0 Å². The topological polar surface area (TPSA) is 0 Å². The molecule has 0 aromatic heterocycles. The van der Waals surface area contributed by atoms with Crippen LogP contribution in [0.5, 0.6) is 0 Å². The van der Waals surface area contributed by atoms with Crippen molar-refractivity contribution < 1.29 is 0 Å². The first kappa shape index (κ1) is 6.69. The van der Waals surface area contributed by atoms with Crippen LogP contribution in [0.15, 0.2) is 0 Å². The highest BCUT2D eigenvalue weighted by Gasteiger charge is 2.37. The van der Waals surface area contributed by atoms with Crippen molar-refractivity contribution in [3.63, 3.8) is 0 Å². The van der Waals surface area contributed by atoms with E-state index < -0.39 is 0 Å². The zero-order valence-corrected chi connectivity index (χ0v) is 7.19. The fourth-order valence-corrected chi connectivity index (χ4v) is 3.20. The van der Waals surface area contributed by atoms with E-state index in [4.69, 9.17) is 0 Å². The molecule has 0 nitrogen and oxygen atoms in total. The first-order valence-corrected chi connectivity index (χ1v) is 4.66. The molecule has 2 aliphatic rings. The van der Waals surface area contributed by atoms with Gasteiger partial charge >= 0.3 is 0 Å². The molecule has 0 amide bonds. The first-order chi connectivity index (χ1) is 4.66. The van der Waals surface area contributed by atoms with Crippen LogP contribution in [-0.4, -0.2) is 0 Å². The summed E-state index contributed by atoms with van der Waals surface area (Å²) in [7, 11) is 0. The van der Waals surface area contributed by atoms with E-state index in [1.807, 2.05) is 0 Å². The number of rotatable bonds is 0. The van der Waals surface area contributed by atoms with E-state index in [2.05, 4.69) is 13.8 Å². The lowest BCUT2D eigenvalue weighted by Crippen LogP contribution is -2.22. The zero-order chi connectivity index (χ0) is 7.19.